The van der Waals surface area contributed by atoms with Crippen molar-refractivity contribution in [3.63, 3.8) is 0 Å². The van der Waals surface area contributed by atoms with Crippen LogP contribution in [0.15, 0.2) is 0 Å². The van der Waals surface area contributed by atoms with E-state index in [0.29, 0.717) is 12.6 Å². The third kappa shape index (κ3) is 8.26. The summed E-state index contributed by atoms with van der Waals surface area (Å²) in [6.07, 6.45) is 8.06. The molecule has 0 rings (SSSR count). The lowest BCUT2D eigenvalue weighted by atomic mass is 10.1. The maximum absolute atomic E-state index is 5.57. The van der Waals surface area contributed by atoms with Crippen LogP contribution in [0.3, 0.4) is 0 Å². The number of rotatable bonds is 9. The van der Waals surface area contributed by atoms with E-state index in [9.17, 15) is 0 Å². The highest BCUT2D eigenvalue weighted by atomic mass is 16.5. The van der Waals surface area contributed by atoms with Crippen LogP contribution in [0.1, 0.15) is 52.4 Å². The molecule has 2 nitrogen and oxygen atoms in total. The summed E-state index contributed by atoms with van der Waals surface area (Å²) < 4.78 is 5.47. The van der Waals surface area contributed by atoms with E-state index in [4.69, 9.17) is 10.5 Å². The topological polar surface area (TPSA) is 35.2 Å². The highest BCUT2D eigenvalue weighted by molar-refractivity contribution is 4.58. The van der Waals surface area contributed by atoms with Gasteiger partial charge in [0.25, 0.3) is 0 Å². The van der Waals surface area contributed by atoms with Crippen molar-refractivity contribution in [2.24, 2.45) is 5.73 Å². The molecule has 2 N–H and O–H groups in total. The van der Waals surface area contributed by atoms with Crippen LogP contribution in [0, 0.1) is 0 Å². The highest BCUT2D eigenvalue weighted by Gasteiger charge is 2.04. The van der Waals surface area contributed by atoms with E-state index < -0.39 is 0 Å². The number of nitrogens with two attached hydrogens (primary N) is 1. The summed E-state index contributed by atoms with van der Waals surface area (Å²) in [6.45, 7) is 5.72. The molecule has 1 atom stereocenters. The van der Waals surface area contributed by atoms with E-state index in [1.54, 1.807) is 0 Å². The SMILES string of the molecule is CCCCCCCC(CN)OCC. The Hall–Kier alpha value is -0.0800. The number of hydrogen-bond donors (Lipinski definition) is 1. The van der Waals surface area contributed by atoms with E-state index >= 15 is 0 Å². The van der Waals surface area contributed by atoms with Crippen LogP contribution in [-0.4, -0.2) is 19.3 Å². The molecule has 2 heteroatoms. The summed E-state index contributed by atoms with van der Waals surface area (Å²) in [5.41, 5.74) is 5.57. The fraction of sp³-hybridized carbons (Fsp3) is 1.00. The molecule has 0 spiro atoms. The first-order chi connectivity index (χ1) is 6.35. The molecule has 80 valence electrons. The third-order valence-corrected chi connectivity index (χ3v) is 2.29. The van der Waals surface area contributed by atoms with E-state index in [2.05, 4.69) is 6.92 Å². The second-order valence-corrected chi connectivity index (χ2v) is 3.52. The Kier molecular flexibility index (Phi) is 9.94. The molecular weight excluding hydrogens is 162 g/mol. The molecule has 0 aliphatic heterocycles. The molecule has 0 radical (unpaired) electrons. The van der Waals surface area contributed by atoms with Gasteiger partial charge < -0.3 is 10.5 Å². The van der Waals surface area contributed by atoms with Gasteiger partial charge in [-0.25, -0.2) is 0 Å². The maximum atomic E-state index is 5.57. The quantitative estimate of drug-likeness (QED) is 0.563. The summed E-state index contributed by atoms with van der Waals surface area (Å²) >= 11 is 0. The Bertz CT molecular complexity index is 96.1. The van der Waals surface area contributed by atoms with Gasteiger partial charge in [0.2, 0.25) is 0 Å². The Morgan fingerprint density at radius 1 is 1.08 bits per heavy atom. The molecule has 13 heavy (non-hydrogen) atoms. The maximum Gasteiger partial charge on any atom is 0.0697 e. The van der Waals surface area contributed by atoms with Gasteiger partial charge in [-0.05, 0) is 13.3 Å². The van der Waals surface area contributed by atoms with Crippen molar-refractivity contribution in [3.8, 4) is 0 Å². The predicted octanol–water partition coefficient (Wildman–Crippen LogP) is 2.71. The van der Waals surface area contributed by atoms with Crippen molar-refractivity contribution in [2.75, 3.05) is 13.2 Å². The van der Waals surface area contributed by atoms with Gasteiger partial charge in [-0.15, -0.1) is 0 Å². The van der Waals surface area contributed by atoms with Gasteiger partial charge in [0.15, 0.2) is 0 Å². The minimum atomic E-state index is 0.298. The highest BCUT2D eigenvalue weighted by Crippen LogP contribution is 2.08. The molecular formula is C11H25NO. The standard InChI is InChI=1S/C11H25NO/c1-3-5-6-7-8-9-11(10-12)13-4-2/h11H,3-10,12H2,1-2H3. The first kappa shape index (κ1) is 12.9. The lowest BCUT2D eigenvalue weighted by Gasteiger charge is -2.14. The van der Waals surface area contributed by atoms with Crippen molar-refractivity contribution in [3.05, 3.63) is 0 Å². The first-order valence-electron chi connectivity index (χ1n) is 5.66. The molecule has 0 aromatic rings. The monoisotopic (exact) mass is 187 g/mol. The van der Waals surface area contributed by atoms with Crippen LogP contribution in [0.5, 0.6) is 0 Å². The zero-order chi connectivity index (χ0) is 9.94. The summed E-state index contributed by atoms with van der Waals surface area (Å²) in [4.78, 5) is 0. The van der Waals surface area contributed by atoms with E-state index in [1.165, 1.54) is 32.1 Å². The Morgan fingerprint density at radius 3 is 2.31 bits per heavy atom. The zero-order valence-electron chi connectivity index (χ0n) is 9.22. The smallest absolute Gasteiger partial charge is 0.0697 e. The number of hydrogen-bond acceptors (Lipinski definition) is 2. The van der Waals surface area contributed by atoms with Gasteiger partial charge in [-0.3, -0.25) is 0 Å². The third-order valence-electron chi connectivity index (χ3n) is 2.29. The van der Waals surface area contributed by atoms with Gasteiger partial charge in [-0.2, -0.15) is 0 Å². The lowest BCUT2D eigenvalue weighted by Crippen LogP contribution is -2.23. The lowest BCUT2D eigenvalue weighted by molar-refractivity contribution is 0.0611. The fourth-order valence-electron chi connectivity index (χ4n) is 1.48. The molecule has 0 amide bonds. The van der Waals surface area contributed by atoms with Crippen LogP contribution in [-0.2, 0) is 4.74 Å². The Balaban J connectivity index is 3.17. The minimum absolute atomic E-state index is 0.298. The van der Waals surface area contributed by atoms with E-state index in [-0.39, 0.29) is 0 Å². The zero-order valence-corrected chi connectivity index (χ0v) is 9.22. The van der Waals surface area contributed by atoms with Crippen LogP contribution < -0.4 is 5.73 Å². The minimum Gasteiger partial charge on any atom is -0.377 e. The fourth-order valence-corrected chi connectivity index (χ4v) is 1.48. The molecule has 1 unspecified atom stereocenters. The molecule has 0 saturated heterocycles. The first-order valence-corrected chi connectivity index (χ1v) is 5.66. The number of unbranched alkanes of at least 4 members (excludes halogenated alkanes) is 4. The van der Waals surface area contributed by atoms with E-state index in [0.717, 1.165) is 13.0 Å². The molecule has 0 aromatic heterocycles. The van der Waals surface area contributed by atoms with Gasteiger partial charge in [0.05, 0.1) is 6.10 Å². The summed E-state index contributed by atoms with van der Waals surface area (Å²) in [5, 5.41) is 0. The van der Waals surface area contributed by atoms with Crippen LogP contribution in [0.25, 0.3) is 0 Å². The van der Waals surface area contributed by atoms with Gasteiger partial charge in [0, 0.05) is 13.2 Å². The van der Waals surface area contributed by atoms with E-state index in [1.807, 2.05) is 6.92 Å². The Morgan fingerprint density at radius 2 is 1.77 bits per heavy atom. The van der Waals surface area contributed by atoms with Crippen molar-refractivity contribution in [2.45, 2.75) is 58.5 Å². The van der Waals surface area contributed by atoms with Crippen LogP contribution >= 0.6 is 0 Å². The number of ether oxygens (including phenoxy) is 1. The molecule has 0 aromatic carbocycles. The largest absolute Gasteiger partial charge is 0.377 e. The summed E-state index contributed by atoms with van der Waals surface area (Å²) in [7, 11) is 0. The average molecular weight is 187 g/mol. The second-order valence-electron chi connectivity index (χ2n) is 3.52. The molecule has 0 bridgehead atoms. The normalized spacial score (nSPS) is 13.2. The van der Waals surface area contributed by atoms with Crippen LogP contribution in [0.4, 0.5) is 0 Å². The average Bonchev–Trinajstić information content (AvgIpc) is 2.16. The summed E-state index contributed by atoms with van der Waals surface area (Å²) in [5.74, 6) is 0. The Labute approximate surface area is 82.8 Å². The van der Waals surface area contributed by atoms with Gasteiger partial charge in [0.1, 0.15) is 0 Å². The van der Waals surface area contributed by atoms with Gasteiger partial charge in [-0.1, -0.05) is 39.0 Å². The van der Waals surface area contributed by atoms with Crippen molar-refractivity contribution in [1.82, 2.24) is 0 Å². The van der Waals surface area contributed by atoms with Crippen LogP contribution in [0.2, 0.25) is 0 Å². The summed E-state index contributed by atoms with van der Waals surface area (Å²) in [6, 6.07) is 0. The second kappa shape index (κ2) is 10.0. The van der Waals surface area contributed by atoms with Crippen molar-refractivity contribution < 1.29 is 4.74 Å². The predicted molar refractivity (Wildman–Crippen MR) is 57.8 cm³/mol. The van der Waals surface area contributed by atoms with Gasteiger partial charge >= 0.3 is 0 Å². The molecule has 0 aliphatic rings. The molecule has 0 aliphatic carbocycles. The molecule has 0 saturated carbocycles. The molecule has 0 heterocycles. The van der Waals surface area contributed by atoms with Crippen molar-refractivity contribution in [1.29, 1.82) is 0 Å². The molecule has 0 fully saturated rings. The van der Waals surface area contributed by atoms with Crippen molar-refractivity contribution >= 4 is 0 Å².